The molecule has 1 saturated carbocycles. The summed E-state index contributed by atoms with van der Waals surface area (Å²) in [4.78, 5) is 4.51. The third kappa shape index (κ3) is 3.96. The van der Waals surface area contributed by atoms with Crippen LogP contribution in [0.1, 0.15) is 31.2 Å². The fourth-order valence-electron chi connectivity index (χ4n) is 2.47. The molecule has 1 fully saturated rings. The summed E-state index contributed by atoms with van der Waals surface area (Å²) < 4.78 is 5.05. The zero-order valence-corrected chi connectivity index (χ0v) is 11.7. The second kappa shape index (κ2) is 6.57. The first-order valence-electron chi connectivity index (χ1n) is 6.82. The van der Waals surface area contributed by atoms with Gasteiger partial charge in [0.1, 0.15) is 0 Å². The number of benzene rings is 1. The smallest absolute Gasteiger partial charge is 0.189 e. The molecule has 1 aromatic rings. The highest BCUT2D eigenvalue weighted by Gasteiger charge is 2.30. The van der Waals surface area contributed by atoms with Crippen LogP contribution in [0.15, 0.2) is 35.3 Å². The van der Waals surface area contributed by atoms with Gasteiger partial charge in [0.15, 0.2) is 5.96 Å². The number of hydrogen-bond acceptors (Lipinski definition) is 2. The van der Waals surface area contributed by atoms with Gasteiger partial charge in [-0.3, -0.25) is 4.99 Å². The van der Waals surface area contributed by atoms with E-state index in [2.05, 4.69) is 40.6 Å². The van der Waals surface area contributed by atoms with Crippen molar-refractivity contribution in [3.63, 3.8) is 0 Å². The van der Waals surface area contributed by atoms with Crippen LogP contribution >= 0.6 is 0 Å². The molecule has 0 spiro atoms. The first kappa shape index (κ1) is 13.9. The van der Waals surface area contributed by atoms with Crippen molar-refractivity contribution in [1.29, 1.82) is 0 Å². The molecule has 0 aromatic heterocycles. The summed E-state index contributed by atoms with van der Waals surface area (Å²) in [5.41, 5.74) is 7.29. The van der Waals surface area contributed by atoms with Crippen molar-refractivity contribution in [2.24, 2.45) is 10.7 Å². The molecule has 4 heteroatoms. The lowest BCUT2D eigenvalue weighted by molar-refractivity contribution is 0.179. The van der Waals surface area contributed by atoms with E-state index in [1.54, 1.807) is 7.11 Å². The molecular weight excluding hydrogens is 238 g/mol. The summed E-state index contributed by atoms with van der Waals surface area (Å²) in [5.74, 6) is 1.17. The quantitative estimate of drug-likeness (QED) is 0.628. The maximum atomic E-state index is 5.88. The summed E-state index contributed by atoms with van der Waals surface area (Å²) in [6.45, 7) is 2.66. The predicted octanol–water partition coefficient (Wildman–Crippen LogP) is 1.87. The van der Waals surface area contributed by atoms with Crippen LogP contribution in [0.5, 0.6) is 0 Å². The molecule has 1 aliphatic carbocycles. The van der Waals surface area contributed by atoms with Crippen LogP contribution in [-0.2, 0) is 4.74 Å². The molecule has 1 aromatic carbocycles. The zero-order valence-electron chi connectivity index (χ0n) is 11.7. The number of guanidine groups is 1. The summed E-state index contributed by atoms with van der Waals surface area (Å²) in [6, 6.07) is 11.2. The summed E-state index contributed by atoms with van der Waals surface area (Å²) >= 11 is 0. The second-order valence-corrected chi connectivity index (χ2v) is 5.25. The minimum Gasteiger partial charge on any atom is -0.383 e. The SMILES string of the molecule is COCC(C)NC(N)=NC1CC(c2ccccc2)C1. The molecule has 0 radical (unpaired) electrons. The summed E-state index contributed by atoms with van der Waals surface area (Å²) in [7, 11) is 1.68. The molecule has 104 valence electrons. The molecule has 0 bridgehead atoms. The van der Waals surface area contributed by atoms with Gasteiger partial charge in [0.2, 0.25) is 0 Å². The van der Waals surface area contributed by atoms with Gasteiger partial charge in [-0.1, -0.05) is 30.3 Å². The minimum absolute atomic E-state index is 0.193. The van der Waals surface area contributed by atoms with E-state index in [1.807, 2.05) is 6.92 Å². The Hall–Kier alpha value is -1.55. The van der Waals surface area contributed by atoms with Gasteiger partial charge < -0.3 is 15.8 Å². The van der Waals surface area contributed by atoms with Crippen molar-refractivity contribution < 1.29 is 4.74 Å². The number of rotatable bonds is 5. The number of hydrogen-bond donors (Lipinski definition) is 2. The predicted molar refractivity (Wildman–Crippen MR) is 78.3 cm³/mol. The Morgan fingerprint density at radius 2 is 2.11 bits per heavy atom. The van der Waals surface area contributed by atoms with Crippen LogP contribution in [0.3, 0.4) is 0 Å². The Morgan fingerprint density at radius 1 is 1.42 bits per heavy atom. The molecule has 1 atom stereocenters. The minimum atomic E-state index is 0.193. The van der Waals surface area contributed by atoms with E-state index in [0.29, 0.717) is 24.5 Å². The summed E-state index contributed by atoms with van der Waals surface area (Å²) in [5, 5.41) is 3.14. The molecule has 0 saturated heterocycles. The third-order valence-corrected chi connectivity index (χ3v) is 3.52. The normalized spacial score (nSPS) is 24.6. The molecule has 3 N–H and O–H groups in total. The fourth-order valence-corrected chi connectivity index (χ4v) is 2.47. The fraction of sp³-hybridized carbons (Fsp3) is 0.533. The maximum Gasteiger partial charge on any atom is 0.189 e. The first-order chi connectivity index (χ1) is 9.19. The molecule has 1 unspecified atom stereocenters. The number of aliphatic imine (C=N–C) groups is 1. The van der Waals surface area contributed by atoms with Gasteiger partial charge in [0, 0.05) is 13.2 Å². The highest BCUT2D eigenvalue weighted by Crippen LogP contribution is 2.38. The Morgan fingerprint density at radius 3 is 2.74 bits per heavy atom. The average molecular weight is 261 g/mol. The number of nitrogens with zero attached hydrogens (tertiary/aromatic N) is 1. The van der Waals surface area contributed by atoms with Crippen molar-refractivity contribution >= 4 is 5.96 Å². The Kier molecular flexibility index (Phi) is 4.80. The molecule has 2 rings (SSSR count). The van der Waals surface area contributed by atoms with Crippen molar-refractivity contribution in [3.05, 3.63) is 35.9 Å². The van der Waals surface area contributed by atoms with E-state index in [1.165, 1.54) is 5.56 Å². The van der Waals surface area contributed by atoms with Crippen LogP contribution in [0.2, 0.25) is 0 Å². The highest BCUT2D eigenvalue weighted by molar-refractivity contribution is 5.78. The van der Waals surface area contributed by atoms with E-state index in [9.17, 15) is 0 Å². The zero-order chi connectivity index (χ0) is 13.7. The standard InChI is InChI=1S/C15H23N3O/c1-11(10-19-2)17-15(16)18-14-8-13(9-14)12-6-4-3-5-7-12/h3-7,11,13-14H,8-10H2,1-2H3,(H3,16,17,18). The van der Waals surface area contributed by atoms with Crippen LogP contribution in [0, 0.1) is 0 Å². The first-order valence-corrected chi connectivity index (χ1v) is 6.82. The van der Waals surface area contributed by atoms with Gasteiger partial charge >= 0.3 is 0 Å². The molecule has 0 aliphatic heterocycles. The Labute approximate surface area is 115 Å². The van der Waals surface area contributed by atoms with Crippen LogP contribution < -0.4 is 11.1 Å². The number of methoxy groups -OCH3 is 1. The molecule has 0 heterocycles. The third-order valence-electron chi connectivity index (χ3n) is 3.52. The average Bonchev–Trinajstić information content (AvgIpc) is 2.34. The van der Waals surface area contributed by atoms with Gasteiger partial charge in [-0.15, -0.1) is 0 Å². The van der Waals surface area contributed by atoms with Crippen molar-refractivity contribution in [2.45, 2.75) is 37.8 Å². The van der Waals surface area contributed by atoms with Crippen LogP contribution in [-0.4, -0.2) is 31.8 Å². The second-order valence-electron chi connectivity index (χ2n) is 5.25. The van der Waals surface area contributed by atoms with Gasteiger partial charge in [-0.25, -0.2) is 0 Å². The van der Waals surface area contributed by atoms with E-state index < -0.39 is 0 Å². The highest BCUT2D eigenvalue weighted by atomic mass is 16.5. The topological polar surface area (TPSA) is 59.6 Å². The molecule has 19 heavy (non-hydrogen) atoms. The molecule has 4 nitrogen and oxygen atoms in total. The van der Waals surface area contributed by atoms with Crippen molar-refractivity contribution in [1.82, 2.24) is 5.32 Å². The number of ether oxygens (including phenoxy) is 1. The molecule has 1 aliphatic rings. The summed E-state index contributed by atoms with van der Waals surface area (Å²) in [6.07, 6.45) is 2.18. The molecule has 0 amide bonds. The lowest BCUT2D eigenvalue weighted by Gasteiger charge is -2.33. The lowest BCUT2D eigenvalue weighted by atomic mass is 9.76. The Balaban J connectivity index is 1.77. The van der Waals surface area contributed by atoms with Gasteiger partial charge in [-0.05, 0) is 31.2 Å². The number of nitrogens with two attached hydrogens (primary N) is 1. The van der Waals surface area contributed by atoms with Crippen LogP contribution in [0.25, 0.3) is 0 Å². The van der Waals surface area contributed by atoms with E-state index in [-0.39, 0.29) is 6.04 Å². The van der Waals surface area contributed by atoms with Gasteiger partial charge in [0.05, 0.1) is 12.6 Å². The maximum absolute atomic E-state index is 5.88. The van der Waals surface area contributed by atoms with E-state index in [4.69, 9.17) is 10.5 Å². The van der Waals surface area contributed by atoms with Crippen molar-refractivity contribution in [3.8, 4) is 0 Å². The van der Waals surface area contributed by atoms with Crippen molar-refractivity contribution in [2.75, 3.05) is 13.7 Å². The van der Waals surface area contributed by atoms with E-state index >= 15 is 0 Å². The van der Waals surface area contributed by atoms with Crippen LogP contribution in [0.4, 0.5) is 0 Å². The van der Waals surface area contributed by atoms with Gasteiger partial charge in [0.25, 0.3) is 0 Å². The monoisotopic (exact) mass is 261 g/mol. The van der Waals surface area contributed by atoms with E-state index in [0.717, 1.165) is 12.8 Å². The largest absolute Gasteiger partial charge is 0.383 e. The lowest BCUT2D eigenvalue weighted by Crippen LogP contribution is -2.42. The van der Waals surface area contributed by atoms with Gasteiger partial charge in [-0.2, -0.15) is 0 Å². The number of nitrogens with one attached hydrogen (secondary N) is 1. The molecular formula is C15H23N3O. The Bertz CT molecular complexity index is 413.